The summed E-state index contributed by atoms with van der Waals surface area (Å²) in [6, 6.07) is 11.8. The van der Waals surface area contributed by atoms with Gasteiger partial charge in [0.15, 0.2) is 0 Å². The van der Waals surface area contributed by atoms with Crippen LogP contribution in [0.25, 0.3) is 11.3 Å². The van der Waals surface area contributed by atoms with Crippen molar-refractivity contribution in [3.8, 4) is 11.3 Å². The standard InChI is InChI=1S/C17H14ClNO4/c18-15-5-3-11(17(20)21)8-14(15)16-6-4-13(23-16)10-19-9-12-2-1-7-22-12/h1-8,19H,9-10H2,(H,20,21). The Morgan fingerprint density at radius 2 is 1.96 bits per heavy atom. The van der Waals surface area contributed by atoms with Crippen molar-refractivity contribution in [2.45, 2.75) is 13.1 Å². The van der Waals surface area contributed by atoms with E-state index >= 15 is 0 Å². The Kier molecular flexibility index (Phi) is 4.50. The molecule has 0 saturated heterocycles. The Balaban J connectivity index is 1.71. The molecule has 0 atom stereocenters. The molecule has 2 aromatic heterocycles. The quantitative estimate of drug-likeness (QED) is 0.708. The SMILES string of the molecule is O=C(O)c1ccc(Cl)c(-c2ccc(CNCc3ccco3)o2)c1. The molecule has 0 radical (unpaired) electrons. The summed E-state index contributed by atoms with van der Waals surface area (Å²) in [5.41, 5.74) is 0.724. The number of hydrogen-bond donors (Lipinski definition) is 2. The van der Waals surface area contributed by atoms with Gasteiger partial charge >= 0.3 is 5.97 Å². The summed E-state index contributed by atoms with van der Waals surface area (Å²) in [5, 5.41) is 12.7. The lowest BCUT2D eigenvalue weighted by Crippen LogP contribution is -2.11. The fourth-order valence-corrected chi connectivity index (χ4v) is 2.40. The molecule has 0 aliphatic carbocycles. The van der Waals surface area contributed by atoms with Crippen LogP contribution in [0.5, 0.6) is 0 Å². The zero-order chi connectivity index (χ0) is 16.2. The van der Waals surface area contributed by atoms with Crippen LogP contribution in [-0.2, 0) is 13.1 Å². The lowest BCUT2D eigenvalue weighted by molar-refractivity contribution is 0.0697. The van der Waals surface area contributed by atoms with Gasteiger partial charge in [-0.25, -0.2) is 4.79 Å². The Hall–Kier alpha value is -2.50. The first-order chi connectivity index (χ1) is 11.1. The van der Waals surface area contributed by atoms with E-state index in [9.17, 15) is 4.79 Å². The van der Waals surface area contributed by atoms with E-state index in [-0.39, 0.29) is 5.56 Å². The Labute approximate surface area is 137 Å². The van der Waals surface area contributed by atoms with Crippen molar-refractivity contribution in [2.75, 3.05) is 0 Å². The maximum absolute atomic E-state index is 11.1. The summed E-state index contributed by atoms with van der Waals surface area (Å²) >= 11 is 6.14. The highest BCUT2D eigenvalue weighted by atomic mass is 35.5. The van der Waals surface area contributed by atoms with Crippen molar-refractivity contribution < 1.29 is 18.7 Å². The van der Waals surface area contributed by atoms with Crippen LogP contribution in [0, 0.1) is 0 Å². The third kappa shape index (κ3) is 3.64. The number of hydrogen-bond acceptors (Lipinski definition) is 4. The van der Waals surface area contributed by atoms with Gasteiger partial charge in [-0.3, -0.25) is 0 Å². The van der Waals surface area contributed by atoms with E-state index in [2.05, 4.69) is 5.32 Å². The molecule has 0 saturated carbocycles. The van der Waals surface area contributed by atoms with Crippen molar-refractivity contribution in [3.63, 3.8) is 0 Å². The Bertz CT molecular complexity index is 808. The van der Waals surface area contributed by atoms with Crippen molar-refractivity contribution in [2.24, 2.45) is 0 Å². The van der Waals surface area contributed by atoms with Gasteiger partial charge in [0.1, 0.15) is 17.3 Å². The second kappa shape index (κ2) is 6.73. The van der Waals surface area contributed by atoms with Crippen LogP contribution >= 0.6 is 11.6 Å². The van der Waals surface area contributed by atoms with Gasteiger partial charge in [-0.1, -0.05) is 11.6 Å². The minimum atomic E-state index is -1.00. The zero-order valence-corrected chi connectivity index (χ0v) is 12.8. The number of rotatable bonds is 6. The molecule has 3 rings (SSSR count). The molecule has 1 aromatic carbocycles. The third-order valence-electron chi connectivity index (χ3n) is 3.32. The summed E-state index contributed by atoms with van der Waals surface area (Å²) in [6.07, 6.45) is 1.62. The smallest absolute Gasteiger partial charge is 0.335 e. The van der Waals surface area contributed by atoms with E-state index in [1.807, 2.05) is 18.2 Å². The van der Waals surface area contributed by atoms with Crippen LogP contribution in [-0.4, -0.2) is 11.1 Å². The lowest BCUT2D eigenvalue weighted by atomic mass is 10.1. The van der Waals surface area contributed by atoms with Crippen molar-refractivity contribution >= 4 is 17.6 Å². The van der Waals surface area contributed by atoms with Gasteiger partial charge in [-0.15, -0.1) is 0 Å². The predicted octanol–water partition coefficient (Wildman–Crippen LogP) is 4.18. The van der Waals surface area contributed by atoms with Gasteiger partial charge in [0, 0.05) is 5.56 Å². The highest BCUT2D eigenvalue weighted by molar-refractivity contribution is 6.33. The topological polar surface area (TPSA) is 75.6 Å². The lowest BCUT2D eigenvalue weighted by Gasteiger charge is -2.03. The minimum Gasteiger partial charge on any atom is -0.478 e. The summed E-state index contributed by atoms with van der Waals surface area (Å²) in [6.45, 7) is 1.12. The third-order valence-corrected chi connectivity index (χ3v) is 3.65. The molecule has 23 heavy (non-hydrogen) atoms. The molecule has 3 aromatic rings. The zero-order valence-electron chi connectivity index (χ0n) is 12.1. The molecule has 0 fully saturated rings. The first-order valence-electron chi connectivity index (χ1n) is 6.98. The van der Waals surface area contributed by atoms with Gasteiger partial charge in [0.05, 0.1) is 29.9 Å². The Morgan fingerprint density at radius 1 is 1.13 bits per heavy atom. The number of nitrogens with one attached hydrogen (secondary N) is 1. The summed E-state index contributed by atoms with van der Waals surface area (Å²) in [7, 11) is 0. The van der Waals surface area contributed by atoms with E-state index in [1.54, 1.807) is 18.4 Å². The molecule has 0 spiro atoms. The molecule has 118 valence electrons. The van der Waals surface area contributed by atoms with Crippen LogP contribution < -0.4 is 5.32 Å². The normalized spacial score (nSPS) is 10.8. The molecule has 2 N–H and O–H groups in total. The number of carboxylic acids is 1. The van der Waals surface area contributed by atoms with Crippen LogP contribution in [0.3, 0.4) is 0 Å². The fourth-order valence-electron chi connectivity index (χ4n) is 2.19. The Morgan fingerprint density at radius 3 is 2.70 bits per heavy atom. The first-order valence-corrected chi connectivity index (χ1v) is 7.36. The number of carboxylic acid groups (broad SMARTS) is 1. The fraction of sp³-hybridized carbons (Fsp3) is 0.118. The highest BCUT2D eigenvalue weighted by Crippen LogP contribution is 2.30. The van der Waals surface area contributed by atoms with Crippen LogP contribution in [0.2, 0.25) is 5.02 Å². The summed E-state index contributed by atoms with van der Waals surface area (Å²) < 4.78 is 11.0. The summed E-state index contributed by atoms with van der Waals surface area (Å²) in [5.74, 6) is 1.10. The minimum absolute atomic E-state index is 0.165. The number of furan rings is 2. The van der Waals surface area contributed by atoms with E-state index in [0.717, 1.165) is 11.5 Å². The molecule has 0 bridgehead atoms. The number of aromatic carboxylic acids is 1. The molecular weight excluding hydrogens is 318 g/mol. The van der Waals surface area contributed by atoms with E-state index in [1.165, 1.54) is 12.1 Å². The molecule has 0 aliphatic rings. The number of carbonyl (C=O) groups is 1. The van der Waals surface area contributed by atoms with E-state index < -0.39 is 5.97 Å². The van der Waals surface area contributed by atoms with Crippen LogP contribution in [0.1, 0.15) is 21.9 Å². The van der Waals surface area contributed by atoms with Crippen molar-refractivity contribution in [3.05, 3.63) is 70.8 Å². The van der Waals surface area contributed by atoms with Crippen LogP contribution in [0.4, 0.5) is 0 Å². The second-order valence-corrected chi connectivity index (χ2v) is 5.36. The van der Waals surface area contributed by atoms with Gasteiger partial charge in [-0.2, -0.15) is 0 Å². The van der Waals surface area contributed by atoms with E-state index in [4.69, 9.17) is 25.5 Å². The first kappa shape index (κ1) is 15.4. The van der Waals surface area contributed by atoms with Crippen LogP contribution in [0.15, 0.2) is 57.6 Å². The maximum atomic E-state index is 11.1. The van der Waals surface area contributed by atoms with Gasteiger partial charge in [-0.05, 0) is 42.5 Å². The molecule has 5 nitrogen and oxygen atoms in total. The molecule has 2 heterocycles. The monoisotopic (exact) mass is 331 g/mol. The summed E-state index contributed by atoms with van der Waals surface area (Å²) in [4.78, 5) is 11.1. The molecule has 0 unspecified atom stereocenters. The average molecular weight is 332 g/mol. The number of benzene rings is 1. The van der Waals surface area contributed by atoms with Gasteiger partial charge in [0.2, 0.25) is 0 Å². The molecular formula is C17H14ClNO4. The second-order valence-electron chi connectivity index (χ2n) is 4.95. The van der Waals surface area contributed by atoms with Gasteiger partial charge in [0.25, 0.3) is 0 Å². The van der Waals surface area contributed by atoms with Crippen molar-refractivity contribution in [1.82, 2.24) is 5.32 Å². The highest BCUT2D eigenvalue weighted by Gasteiger charge is 2.12. The van der Waals surface area contributed by atoms with Gasteiger partial charge < -0.3 is 19.3 Å². The number of halogens is 1. The molecule has 0 amide bonds. The average Bonchev–Trinajstić information content (AvgIpc) is 3.19. The molecule has 6 heteroatoms. The molecule has 0 aliphatic heterocycles. The van der Waals surface area contributed by atoms with E-state index in [0.29, 0.717) is 29.4 Å². The van der Waals surface area contributed by atoms with Crippen molar-refractivity contribution in [1.29, 1.82) is 0 Å². The predicted molar refractivity (Wildman–Crippen MR) is 85.4 cm³/mol. The maximum Gasteiger partial charge on any atom is 0.335 e. The largest absolute Gasteiger partial charge is 0.478 e.